The number of ether oxygens (including phenoxy) is 1. The Morgan fingerprint density at radius 3 is 2.46 bits per heavy atom. The smallest absolute Gasteiger partial charge is 0.416 e. The number of esters is 1. The first-order chi connectivity index (χ1) is 12.3. The van der Waals surface area contributed by atoms with E-state index in [9.17, 15) is 18.0 Å². The van der Waals surface area contributed by atoms with E-state index in [-0.39, 0.29) is 6.61 Å². The molecule has 0 saturated heterocycles. The lowest BCUT2D eigenvalue weighted by Gasteiger charge is -2.06. The van der Waals surface area contributed by atoms with E-state index in [1.165, 1.54) is 18.2 Å². The van der Waals surface area contributed by atoms with Crippen molar-refractivity contribution in [2.45, 2.75) is 39.3 Å². The lowest BCUT2D eigenvalue weighted by atomic mass is 10.1. The van der Waals surface area contributed by atoms with Crippen molar-refractivity contribution in [1.82, 2.24) is 0 Å². The van der Waals surface area contributed by atoms with Gasteiger partial charge in [-0.05, 0) is 37.6 Å². The molecule has 0 saturated carbocycles. The molecule has 0 N–H and O–H groups in total. The highest BCUT2D eigenvalue weighted by Gasteiger charge is 2.30. The molecule has 26 heavy (non-hydrogen) atoms. The Kier molecular flexibility index (Phi) is 6.66. The van der Waals surface area contributed by atoms with Crippen LogP contribution in [-0.4, -0.2) is 12.6 Å². The molecule has 0 fully saturated rings. The second-order valence-electron chi connectivity index (χ2n) is 5.75. The Hall–Kier alpha value is -2.50. The van der Waals surface area contributed by atoms with Gasteiger partial charge in [0.1, 0.15) is 11.5 Å². The number of hydrogen-bond acceptors (Lipinski definition) is 3. The zero-order valence-corrected chi connectivity index (χ0v) is 14.7. The van der Waals surface area contributed by atoms with Crippen LogP contribution < -0.4 is 0 Å². The van der Waals surface area contributed by atoms with Crippen LogP contribution in [0, 0.1) is 0 Å². The molecule has 0 radical (unpaired) electrons. The van der Waals surface area contributed by atoms with Gasteiger partial charge in [-0.25, -0.2) is 4.79 Å². The maximum Gasteiger partial charge on any atom is 0.416 e. The average molecular weight is 366 g/mol. The zero-order valence-electron chi connectivity index (χ0n) is 14.7. The minimum absolute atomic E-state index is 0.286. The maximum absolute atomic E-state index is 12.7. The molecule has 0 aliphatic heterocycles. The Morgan fingerprint density at radius 2 is 1.88 bits per heavy atom. The third-order valence-electron chi connectivity index (χ3n) is 3.78. The van der Waals surface area contributed by atoms with E-state index in [4.69, 9.17) is 9.15 Å². The van der Waals surface area contributed by atoms with Crippen molar-refractivity contribution in [3.8, 4) is 11.3 Å². The van der Waals surface area contributed by atoms with Crippen LogP contribution in [0.15, 0.2) is 40.8 Å². The molecule has 6 heteroatoms. The molecule has 0 aliphatic rings. The van der Waals surface area contributed by atoms with Crippen molar-refractivity contribution in [1.29, 1.82) is 0 Å². The third kappa shape index (κ3) is 5.25. The fraction of sp³-hybridized carbons (Fsp3) is 0.350. The fourth-order valence-electron chi connectivity index (χ4n) is 2.43. The van der Waals surface area contributed by atoms with Gasteiger partial charge in [0, 0.05) is 23.6 Å². The Morgan fingerprint density at radius 1 is 1.19 bits per heavy atom. The molecule has 1 aromatic carbocycles. The summed E-state index contributed by atoms with van der Waals surface area (Å²) < 4.78 is 48.8. The second kappa shape index (κ2) is 8.74. The number of benzene rings is 1. The van der Waals surface area contributed by atoms with E-state index in [1.54, 1.807) is 19.1 Å². The van der Waals surface area contributed by atoms with Gasteiger partial charge in [0.05, 0.1) is 12.2 Å². The number of carbonyl (C=O) groups excluding carboxylic acids is 1. The van der Waals surface area contributed by atoms with Gasteiger partial charge in [0.2, 0.25) is 0 Å². The summed E-state index contributed by atoms with van der Waals surface area (Å²) in [6.45, 7) is 4.06. The monoisotopic (exact) mass is 366 g/mol. The summed E-state index contributed by atoms with van der Waals surface area (Å²) in [5.41, 5.74) is 0.564. The number of hydrogen-bond donors (Lipinski definition) is 0. The van der Waals surface area contributed by atoms with Crippen molar-refractivity contribution in [3.63, 3.8) is 0 Å². The number of unbranched alkanes of at least 4 members (excludes halogenated alkanes) is 1. The predicted octanol–water partition coefficient (Wildman–Crippen LogP) is 5.88. The van der Waals surface area contributed by atoms with Gasteiger partial charge in [0.25, 0.3) is 0 Å². The molecule has 2 rings (SSSR count). The van der Waals surface area contributed by atoms with E-state index >= 15 is 0 Å². The van der Waals surface area contributed by atoms with E-state index < -0.39 is 17.7 Å². The van der Waals surface area contributed by atoms with Crippen LogP contribution in [0.2, 0.25) is 0 Å². The first-order valence-electron chi connectivity index (χ1n) is 8.50. The lowest BCUT2D eigenvalue weighted by Crippen LogP contribution is -2.03. The third-order valence-corrected chi connectivity index (χ3v) is 3.78. The average Bonchev–Trinajstić information content (AvgIpc) is 3.01. The van der Waals surface area contributed by atoms with Crippen molar-refractivity contribution in [2.75, 3.05) is 6.61 Å². The van der Waals surface area contributed by atoms with E-state index in [0.29, 0.717) is 23.5 Å². The van der Waals surface area contributed by atoms with Crippen LogP contribution in [-0.2, 0) is 22.1 Å². The second-order valence-corrected chi connectivity index (χ2v) is 5.75. The summed E-state index contributed by atoms with van der Waals surface area (Å²) in [5.74, 6) is 0.710. The highest BCUT2D eigenvalue weighted by atomic mass is 19.4. The molecule has 1 aromatic heterocycles. The normalized spacial score (nSPS) is 11.9. The number of furan rings is 1. The van der Waals surface area contributed by atoms with Gasteiger partial charge in [-0.2, -0.15) is 13.2 Å². The van der Waals surface area contributed by atoms with Crippen LogP contribution in [0.1, 0.15) is 43.6 Å². The summed E-state index contributed by atoms with van der Waals surface area (Å²) in [4.78, 5) is 11.5. The maximum atomic E-state index is 12.7. The quantitative estimate of drug-likeness (QED) is 0.453. The van der Waals surface area contributed by atoms with Gasteiger partial charge in [-0.3, -0.25) is 0 Å². The van der Waals surface area contributed by atoms with Crippen molar-refractivity contribution < 1.29 is 27.1 Å². The molecule has 0 bridgehead atoms. The van der Waals surface area contributed by atoms with E-state index in [1.807, 2.05) is 6.92 Å². The Balaban J connectivity index is 2.30. The highest BCUT2D eigenvalue weighted by molar-refractivity contribution is 5.87. The van der Waals surface area contributed by atoms with Gasteiger partial charge in [0.15, 0.2) is 0 Å². The lowest BCUT2D eigenvalue weighted by molar-refractivity contribution is -0.138. The van der Waals surface area contributed by atoms with Gasteiger partial charge in [-0.15, -0.1) is 0 Å². The first kappa shape index (κ1) is 19.8. The van der Waals surface area contributed by atoms with E-state index in [0.717, 1.165) is 30.5 Å². The topological polar surface area (TPSA) is 39.4 Å². The largest absolute Gasteiger partial charge is 0.463 e. The number of alkyl halides is 3. The molecule has 140 valence electrons. The molecule has 0 amide bonds. The van der Waals surface area contributed by atoms with Gasteiger partial charge >= 0.3 is 12.1 Å². The van der Waals surface area contributed by atoms with Crippen LogP contribution in [0.4, 0.5) is 13.2 Å². The van der Waals surface area contributed by atoms with Crippen LogP contribution in [0.25, 0.3) is 17.4 Å². The predicted molar refractivity (Wildman–Crippen MR) is 93.4 cm³/mol. The molecule has 0 aliphatic carbocycles. The molecular formula is C20H21F3O3. The summed E-state index contributed by atoms with van der Waals surface area (Å²) in [6, 6.07) is 6.53. The Labute approximate surface area is 150 Å². The molecule has 2 aromatic rings. The van der Waals surface area contributed by atoms with Crippen LogP contribution >= 0.6 is 0 Å². The minimum Gasteiger partial charge on any atom is -0.463 e. The number of rotatable bonds is 7. The fourth-order valence-corrected chi connectivity index (χ4v) is 2.43. The summed E-state index contributed by atoms with van der Waals surface area (Å²) in [7, 11) is 0. The van der Waals surface area contributed by atoms with Crippen LogP contribution in [0.5, 0.6) is 0 Å². The summed E-state index contributed by atoms with van der Waals surface area (Å²) >= 11 is 0. The van der Waals surface area contributed by atoms with Crippen molar-refractivity contribution in [2.24, 2.45) is 0 Å². The SMILES string of the molecule is CCCCc1oc(-c2ccc(C(F)(F)F)cc2)cc1C=CC(=O)OCC. The highest BCUT2D eigenvalue weighted by Crippen LogP contribution is 2.32. The molecule has 0 atom stereocenters. The molecule has 0 spiro atoms. The molecule has 1 heterocycles. The van der Waals surface area contributed by atoms with Gasteiger partial charge < -0.3 is 9.15 Å². The first-order valence-corrected chi connectivity index (χ1v) is 8.50. The Bertz CT molecular complexity index is 756. The van der Waals surface area contributed by atoms with Crippen molar-refractivity contribution in [3.05, 3.63) is 53.3 Å². The molecule has 3 nitrogen and oxygen atoms in total. The standard InChI is InChI=1S/C20H21F3O3/c1-3-5-6-17-15(9-12-19(24)25-4-2)13-18(26-17)14-7-10-16(11-8-14)20(21,22)23/h7-13H,3-6H2,1-2H3. The number of carbonyl (C=O) groups is 1. The van der Waals surface area contributed by atoms with E-state index in [2.05, 4.69) is 0 Å². The number of halogens is 3. The molecule has 0 unspecified atom stereocenters. The van der Waals surface area contributed by atoms with Gasteiger partial charge in [-0.1, -0.05) is 25.5 Å². The van der Waals surface area contributed by atoms with Crippen molar-refractivity contribution >= 4 is 12.0 Å². The summed E-state index contributed by atoms with van der Waals surface area (Å²) in [5, 5.41) is 0. The molecular weight excluding hydrogens is 345 g/mol. The minimum atomic E-state index is -4.37. The zero-order chi connectivity index (χ0) is 19.2. The summed E-state index contributed by atoms with van der Waals surface area (Å²) in [6.07, 6.45) is 1.11. The van der Waals surface area contributed by atoms with Crippen LogP contribution in [0.3, 0.4) is 0 Å². The number of aryl methyl sites for hydroxylation is 1.